The summed E-state index contributed by atoms with van der Waals surface area (Å²) in [6, 6.07) is 3.01. The normalized spacial score (nSPS) is 22.4. The largest absolute Gasteiger partial charge is 0.495 e. The molecule has 118 valence electrons. The van der Waals surface area contributed by atoms with Gasteiger partial charge in [-0.1, -0.05) is 6.42 Å². The van der Waals surface area contributed by atoms with Crippen LogP contribution in [0.4, 0.5) is 5.69 Å². The second kappa shape index (κ2) is 6.21. The number of nitrogens with two attached hydrogens (primary N) is 1. The van der Waals surface area contributed by atoms with Gasteiger partial charge in [-0.3, -0.25) is 0 Å². The Hall–Kier alpha value is -1.31. The maximum Gasteiger partial charge on any atom is 0.244 e. The molecule has 2 atom stereocenters. The molecule has 1 aliphatic rings. The van der Waals surface area contributed by atoms with Gasteiger partial charge in [0.2, 0.25) is 10.0 Å². The second-order valence-electron chi connectivity index (χ2n) is 5.47. The third-order valence-electron chi connectivity index (χ3n) is 4.00. The molecule has 21 heavy (non-hydrogen) atoms. The highest BCUT2D eigenvalue weighted by Crippen LogP contribution is 2.30. The lowest BCUT2D eigenvalue weighted by Gasteiger charge is -2.17. The summed E-state index contributed by atoms with van der Waals surface area (Å²) in [6.45, 7) is 2.01. The molecule has 1 aliphatic carbocycles. The topological polar surface area (TPSA) is 102 Å². The molecule has 2 rings (SSSR count). The first-order valence-corrected chi connectivity index (χ1v) is 8.45. The quantitative estimate of drug-likeness (QED) is 0.705. The summed E-state index contributed by atoms with van der Waals surface area (Å²) in [5, 5.41) is 9.76. The van der Waals surface area contributed by atoms with E-state index in [4.69, 9.17) is 10.5 Å². The van der Waals surface area contributed by atoms with Crippen molar-refractivity contribution in [2.75, 3.05) is 19.4 Å². The van der Waals surface area contributed by atoms with Crippen molar-refractivity contribution in [2.45, 2.75) is 37.2 Å². The van der Waals surface area contributed by atoms with Crippen molar-refractivity contribution < 1.29 is 18.3 Å². The van der Waals surface area contributed by atoms with E-state index in [0.717, 1.165) is 24.8 Å². The molecule has 0 amide bonds. The van der Waals surface area contributed by atoms with Gasteiger partial charge in [-0.25, -0.2) is 13.1 Å². The molecule has 4 N–H and O–H groups in total. The van der Waals surface area contributed by atoms with Gasteiger partial charge in [0.15, 0.2) is 0 Å². The van der Waals surface area contributed by atoms with E-state index in [2.05, 4.69) is 4.72 Å². The fourth-order valence-electron chi connectivity index (χ4n) is 2.60. The van der Waals surface area contributed by atoms with Gasteiger partial charge in [0, 0.05) is 12.2 Å². The Labute approximate surface area is 125 Å². The Balaban J connectivity index is 2.21. The number of aliphatic hydroxyl groups is 1. The van der Waals surface area contributed by atoms with E-state index in [1.54, 1.807) is 13.0 Å². The van der Waals surface area contributed by atoms with E-state index in [1.807, 2.05) is 0 Å². The highest BCUT2D eigenvalue weighted by Gasteiger charge is 2.28. The zero-order valence-electron chi connectivity index (χ0n) is 12.3. The van der Waals surface area contributed by atoms with Crippen molar-refractivity contribution in [3.05, 3.63) is 17.7 Å². The number of anilines is 1. The number of nitrogen functional groups attached to an aromatic ring is 1. The van der Waals surface area contributed by atoms with E-state index < -0.39 is 16.1 Å². The molecule has 0 heterocycles. The van der Waals surface area contributed by atoms with Crippen LogP contribution in [0.3, 0.4) is 0 Å². The summed E-state index contributed by atoms with van der Waals surface area (Å²) in [5.74, 6) is 0.231. The SMILES string of the molecule is COc1cc(C)c(N)cc1S(=O)(=O)NCC1CCCC1O. The standard InChI is InChI=1S/C14H22N2O4S/c1-9-6-13(20-2)14(7-11(9)15)21(18,19)16-8-10-4-3-5-12(10)17/h6-7,10,12,16-17H,3-5,8,15H2,1-2H3. The molecule has 2 unspecified atom stereocenters. The number of benzene rings is 1. The zero-order chi connectivity index (χ0) is 15.6. The van der Waals surface area contributed by atoms with Crippen LogP contribution in [0.5, 0.6) is 5.75 Å². The van der Waals surface area contributed by atoms with E-state index in [9.17, 15) is 13.5 Å². The van der Waals surface area contributed by atoms with Crippen molar-refractivity contribution in [3.8, 4) is 5.75 Å². The Kier molecular flexibility index (Phi) is 4.75. The molecule has 7 heteroatoms. The van der Waals surface area contributed by atoms with E-state index in [-0.39, 0.29) is 23.1 Å². The first kappa shape index (κ1) is 16.1. The van der Waals surface area contributed by atoms with Crippen molar-refractivity contribution >= 4 is 15.7 Å². The van der Waals surface area contributed by atoms with E-state index >= 15 is 0 Å². The number of sulfonamides is 1. The number of methoxy groups -OCH3 is 1. The van der Waals surface area contributed by atoms with Gasteiger partial charge in [0.1, 0.15) is 10.6 Å². The van der Waals surface area contributed by atoms with Crippen LogP contribution < -0.4 is 15.2 Å². The minimum absolute atomic E-state index is 0.0283. The fraction of sp³-hybridized carbons (Fsp3) is 0.571. The maximum absolute atomic E-state index is 12.4. The average molecular weight is 314 g/mol. The minimum Gasteiger partial charge on any atom is -0.495 e. The highest BCUT2D eigenvalue weighted by atomic mass is 32.2. The lowest BCUT2D eigenvalue weighted by Crippen LogP contribution is -2.32. The number of hydrogen-bond donors (Lipinski definition) is 3. The maximum atomic E-state index is 12.4. The number of aryl methyl sites for hydroxylation is 1. The Bertz CT molecular complexity index is 616. The number of ether oxygens (including phenoxy) is 1. The van der Waals surface area contributed by atoms with Gasteiger partial charge in [-0.15, -0.1) is 0 Å². The van der Waals surface area contributed by atoms with Gasteiger partial charge < -0.3 is 15.6 Å². The molecule has 6 nitrogen and oxygen atoms in total. The summed E-state index contributed by atoms with van der Waals surface area (Å²) in [6.07, 6.45) is 2.05. The molecule has 0 bridgehead atoms. The van der Waals surface area contributed by atoms with Crippen molar-refractivity contribution in [1.29, 1.82) is 0 Å². The second-order valence-corrected chi connectivity index (χ2v) is 7.21. The van der Waals surface area contributed by atoms with Crippen LogP contribution in [0.15, 0.2) is 17.0 Å². The molecule has 1 fully saturated rings. The van der Waals surface area contributed by atoms with Crippen LogP contribution in [0.2, 0.25) is 0 Å². The van der Waals surface area contributed by atoms with Crippen LogP contribution in [-0.2, 0) is 10.0 Å². The minimum atomic E-state index is -3.72. The van der Waals surface area contributed by atoms with Crippen LogP contribution in [0, 0.1) is 12.8 Å². The molecule has 0 aromatic heterocycles. The van der Waals surface area contributed by atoms with E-state index in [0.29, 0.717) is 5.69 Å². The van der Waals surface area contributed by atoms with Crippen LogP contribution in [0.25, 0.3) is 0 Å². The lowest BCUT2D eigenvalue weighted by atomic mass is 10.1. The predicted octanol–water partition coefficient (Wildman–Crippen LogP) is 1.03. The molecular weight excluding hydrogens is 292 g/mol. The highest BCUT2D eigenvalue weighted by molar-refractivity contribution is 7.89. The van der Waals surface area contributed by atoms with Crippen LogP contribution in [0.1, 0.15) is 24.8 Å². The number of aliphatic hydroxyl groups excluding tert-OH is 1. The predicted molar refractivity (Wildman–Crippen MR) is 80.7 cm³/mol. The first-order chi connectivity index (χ1) is 9.85. The smallest absolute Gasteiger partial charge is 0.244 e. The molecular formula is C14H22N2O4S. The summed E-state index contributed by atoms with van der Waals surface area (Å²) in [7, 11) is -2.30. The molecule has 0 saturated heterocycles. The fourth-order valence-corrected chi connectivity index (χ4v) is 3.87. The lowest BCUT2D eigenvalue weighted by molar-refractivity contribution is 0.134. The van der Waals surface area contributed by atoms with Gasteiger partial charge in [0.05, 0.1) is 13.2 Å². The van der Waals surface area contributed by atoms with Crippen LogP contribution in [-0.4, -0.2) is 33.3 Å². The number of hydrogen-bond acceptors (Lipinski definition) is 5. The average Bonchev–Trinajstić information content (AvgIpc) is 2.84. The summed E-state index contributed by atoms with van der Waals surface area (Å²) in [5.41, 5.74) is 6.95. The van der Waals surface area contributed by atoms with Gasteiger partial charge in [-0.05, 0) is 43.4 Å². The number of rotatable bonds is 5. The third kappa shape index (κ3) is 3.48. The van der Waals surface area contributed by atoms with Gasteiger partial charge >= 0.3 is 0 Å². The third-order valence-corrected chi connectivity index (χ3v) is 5.44. The zero-order valence-corrected chi connectivity index (χ0v) is 13.1. The van der Waals surface area contributed by atoms with E-state index in [1.165, 1.54) is 13.2 Å². The Morgan fingerprint density at radius 2 is 2.14 bits per heavy atom. The van der Waals surface area contributed by atoms with Gasteiger partial charge in [-0.2, -0.15) is 0 Å². The monoisotopic (exact) mass is 314 g/mol. The molecule has 1 saturated carbocycles. The molecule has 1 aromatic rings. The number of nitrogens with one attached hydrogen (secondary N) is 1. The summed E-state index contributed by atoms with van der Waals surface area (Å²) < 4.78 is 32.5. The summed E-state index contributed by atoms with van der Waals surface area (Å²) >= 11 is 0. The summed E-state index contributed by atoms with van der Waals surface area (Å²) in [4.78, 5) is 0.0283. The van der Waals surface area contributed by atoms with Crippen LogP contribution >= 0.6 is 0 Å². The molecule has 0 aliphatic heterocycles. The molecule has 0 spiro atoms. The molecule has 1 aromatic carbocycles. The van der Waals surface area contributed by atoms with Crippen molar-refractivity contribution in [3.63, 3.8) is 0 Å². The van der Waals surface area contributed by atoms with Crippen molar-refractivity contribution in [2.24, 2.45) is 5.92 Å². The van der Waals surface area contributed by atoms with Crippen molar-refractivity contribution in [1.82, 2.24) is 4.72 Å². The first-order valence-electron chi connectivity index (χ1n) is 6.97. The Morgan fingerprint density at radius 3 is 2.71 bits per heavy atom. The molecule has 0 radical (unpaired) electrons. The Morgan fingerprint density at radius 1 is 1.43 bits per heavy atom. The van der Waals surface area contributed by atoms with Gasteiger partial charge in [0.25, 0.3) is 0 Å².